The molecule has 5 heteroatoms. The minimum atomic E-state index is -0.0570. The Bertz CT molecular complexity index is 450. The second-order valence-corrected chi connectivity index (χ2v) is 5.16. The summed E-state index contributed by atoms with van der Waals surface area (Å²) in [7, 11) is 0. The number of nitrogen functional groups attached to an aromatic ring is 1. The summed E-state index contributed by atoms with van der Waals surface area (Å²) in [6.45, 7) is 3.79. The highest BCUT2D eigenvalue weighted by atomic mass is 35.5. The van der Waals surface area contributed by atoms with Crippen LogP contribution in [0.5, 0.6) is 0 Å². The minimum absolute atomic E-state index is 0.0570. The molecule has 1 atom stereocenters. The fraction of sp³-hybridized carbons (Fsp3) is 0.538. The molecular formula is C13H18ClN3O. The van der Waals surface area contributed by atoms with Crippen molar-refractivity contribution in [2.75, 3.05) is 18.8 Å². The molecule has 1 aliphatic heterocycles. The molecule has 18 heavy (non-hydrogen) atoms. The predicted octanol–water partition coefficient (Wildman–Crippen LogP) is 2.58. The third kappa shape index (κ3) is 2.75. The molecule has 1 unspecified atom stereocenters. The molecule has 2 rings (SSSR count). The number of halogens is 1. The maximum atomic E-state index is 12.3. The van der Waals surface area contributed by atoms with Gasteiger partial charge in [0.1, 0.15) is 5.15 Å². The Morgan fingerprint density at radius 3 is 3.17 bits per heavy atom. The van der Waals surface area contributed by atoms with Crippen LogP contribution in [0.15, 0.2) is 12.3 Å². The van der Waals surface area contributed by atoms with Gasteiger partial charge < -0.3 is 10.6 Å². The number of nitrogens with zero attached hydrogens (tertiary/aromatic N) is 2. The molecule has 1 aromatic rings. The third-order valence-corrected chi connectivity index (χ3v) is 3.66. The summed E-state index contributed by atoms with van der Waals surface area (Å²) in [5.74, 6) is 0.560. The molecule has 2 N–H and O–H groups in total. The first kappa shape index (κ1) is 13.1. The zero-order valence-electron chi connectivity index (χ0n) is 10.5. The molecule has 1 saturated heterocycles. The number of likely N-dealkylation sites (tertiary alicyclic amines) is 1. The van der Waals surface area contributed by atoms with Crippen molar-refractivity contribution in [1.82, 2.24) is 9.88 Å². The average Bonchev–Trinajstić information content (AvgIpc) is 2.80. The van der Waals surface area contributed by atoms with E-state index in [2.05, 4.69) is 11.9 Å². The van der Waals surface area contributed by atoms with Gasteiger partial charge in [-0.1, -0.05) is 24.9 Å². The molecular weight excluding hydrogens is 250 g/mol. The van der Waals surface area contributed by atoms with Gasteiger partial charge in [-0.3, -0.25) is 4.79 Å². The van der Waals surface area contributed by atoms with E-state index >= 15 is 0 Å². The summed E-state index contributed by atoms with van der Waals surface area (Å²) in [5.41, 5.74) is 6.52. The molecule has 1 aromatic heterocycles. The lowest BCUT2D eigenvalue weighted by Gasteiger charge is -2.17. The van der Waals surface area contributed by atoms with Crippen molar-refractivity contribution in [2.24, 2.45) is 5.92 Å². The van der Waals surface area contributed by atoms with Crippen LogP contribution < -0.4 is 5.73 Å². The third-order valence-electron chi connectivity index (χ3n) is 3.36. The number of pyridine rings is 1. The van der Waals surface area contributed by atoms with Crippen LogP contribution in [0.4, 0.5) is 5.69 Å². The van der Waals surface area contributed by atoms with Gasteiger partial charge in [0.05, 0.1) is 17.4 Å². The number of anilines is 1. The predicted molar refractivity (Wildman–Crippen MR) is 72.6 cm³/mol. The summed E-state index contributed by atoms with van der Waals surface area (Å²) in [5, 5.41) is 0.230. The quantitative estimate of drug-likeness (QED) is 0.857. The number of carbonyl (C=O) groups is 1. The Hall–Kier alpha value is -1.29. The topological polar surface area (TPSA) is 59.2 Å². The smallest absolute Gasteiger partial charge is 0.257 e. The highest BCUT2D eigenvalue weighted by Gasteiger charge is 2.27. The zero-order chi connectivity index (χ0) is 13.1. The average molecular weight is 268 g/mol. The van der Waals surface area contributed by atoms with E-state index in [-0.39, 0.29) is 11.1 Å². The van der Waals surface area contributed by atoms with Crippen molar-refractivity contribution in [1.29, 1.82) is 0 Å². The van der Waals surface area contributed by atoms with Crippen LogP contribution in [0, 0.1) is 5.92 Å². The van der Waals surface area contributed by atoms with Gasteiger partial charge in [-0.2, -0.15) is 0 Å². The first-order chi connectivity index (χ1) is 8.61. The normalized spacial score (nSPS) is 19.2. The maximum Gasteiger partial charge on any atom is 0.257 e. The lowest BCUT2D eigenvalue weighted by atomic mass is 10.0. The van der Waals surface area contributed by atoms with Gasteiger partial charge in [-0.05, 0) is 24.8 Å². The van der Waals surface area contributed by atoms with Crippen molar-refractivity contribution >= 4 is 23.2 Å². The van der Waals surface area contributed by atoms with E-state index in [0.717, 1.165) is 25.9 Å². The Labute approximate surface area is 112 Å². The van der Waals surface area contributed by atoms with Crippen LogP contribution >= 0.6 is 11.6 Å². The van der Waals surface area contributed by atoms with E-state index in [1.165, 1.54) is 12.6 Å². The van der Waals surface area contributed by atoms with Crippen molar-refractivity contribution in [3.05, 3.63) is 23.0 Å². The molecule has 0 spiro atoms. The van der Waals surface area contributed by atoms with E-state index < -0.39 is 0 Å². The number of nitrogens with two attached hydrogens (primary N) is 1. The van der Waals surface area contributed by atoms with Crippen LogP contribution in [-0.2, 0) is 0 Å². The van der Waals surface area contributed by atoms with Crippen LogP contribution in [0.2, 0.25) is 5.15 Å². The lowest BCUT2D eigenvalue weighted by molar-refractivity contribution is 0.0786. The molecule has 1 aliphatic rings. The monoisotopic (exact) mass is 267 g/mol. The largest absolute Gasteiger partial charge is 0.397 e. The lowest BCUT2D eigenvalue weighted by Crippen LogP contribution is -2.29. The summed E-state index contributed by atoms with van der Waals surface area (Å²) in [4.78, 5) is 18.1. The Morgan fingerprint density at radius 1 is 1.67 bits per heavy atom. The van der Waals surface area contributed by atoms with Crippen LogP contribution in [-0.4, -0.2) is 28.9 Å². The van der Waals surface area contributed by atoms with Crippen LogP contribution in [0.1, 0.15) is 36.5 Å². The minimum Gasteiger partial charge on any atom is -0.397 e. The molecule has 4 nitrogen and oxygen atoms in total. The van der Waals surface area contributed by atoms with Gasteiger partial charge in [0.15, 0.2) is 0 Å². The van der Waals surface area contributed by atoms with Gasteiger partial charge >= 0.3 is 0 Å². The molecule has 0 bridgehead atoms. The molecule has 2 heterocycles. The van der Waals surface area contributed by atoms with Gasteiger partial charge in [0.2, 0.25) is 0 Å². The highest BCUT2D eigenvalue weighted by Crippen LogP contribution is 2.25. The molecule has 0 radical (unpaired) electrons. The number of amides is 1. The Balaban J connectivity index is 2.10. The highest BCUT2D eigenvalue weighted by molar-refractivity contribution is 6.32. The molecule has 98 valence electrons. The molecule has 1 amide bonds. The molecule has 1 fully saturated rings. The summed E-state index contributed by atoms with van der Waals surface area (Å²) >= 11 is 5.95. The Morgan fingerprint density at radius 2 is 2.44 bits per heavy atom. The zero-order valence-corrected chi connectivity index (χ0v) is 11.3. The summed E-state index contributed by atoms with van der Waals surface area (Å²) in [6, 6.07) is 1.60. The van der Waals surface area contributed by atoms with Crippen molar-refractivity contribution < 1.29 is 4.79 Å². The second-order valence-electron chi connectivity index (χ2n) is 4.80. The fourth-order valence-electron chi connectivity index (χ4n) is 2.45. The number of carbonyl (C=O) groups excluding carboxylic acids is 1. The van der Waals surface area contributed by atoms with Crippen molar-refractivity contribution in [2.45, 2.75) is 26.2 Å². The van der Waals surface area contributed by atoms with Crippen LogP contribution in [0.25, 0.3) is 0 Å². The number of hydrogen-bond acceptors (Lipinski definition) is 3. The van der Waals surface area contributed by atoms with E-state index in [4.69, 9.17) is 17.3 Å². The van der Waals surface area contributed by atoms with Gasteiger partial charge in [0, 0.05) is 13.1 Å². The van der Waals surface area contributed by atoms with E-state index in [1.807, 2.05) is 4.90 Å². The van der Waals surface area contributed by atoms with Crippen LogP contribution in [0.3, 0.4) is 0 Å². The summed E-state index contributed by atoms with van der Waals surface area (Å²) in [6.07, 6.45) is 4.87. The molecule has 0 aliphatic carbocycles. The number of hydrogen-bond donors (Lipinski definition) is 1. The van der Waals surface area contributed by atoms with E-state index in [1.54, 1.807) is 6.07 Å². The van der Waals surface area contributed by atoms with Crippen molar-refractivity contribution in [3.63, 3.8) is 0 Å². The van der Waals surface area contributed by atoms with E-state index in [9.17, 15) is 4.79 Å². The standard InChI is InChI=1S/C13H18ClN3O/c1-2-3-9-4-5-17(8-9)13(18)11-6-10(15)7-16-12(11)14/h6-7,9H,2-5,8,15H2,1H3. The van der Waals surface area contributed by atoms with Crippen molar-refractivity contribution in [3.8, 4) is 0 Å². The van der Waals surface area contributed by atoms with Gasteiger partial charge in [-0.25, -0.2) is 4.98 Å². The number of rotatable bonds is 3. The molecule has 0 aromatic carbocycles. The fourth-order valence-corrected chi connectivity index (χ4v) is 2.63. The van der Waals surface area contributed by atoms with Gasteiger partial charge in [0.25, 0.3) is 5.91 Å². The Kier molecular flexibility index (Phi) is 4.07. The number of aromatic nitrogens is 1. The van der Waals surface area contributed by atoms with Gasteiger partial charge in [-0.15, -0.1) is 0 Å². The van der Waals surface area contributed by atoms with E-state index in [0.29, 0.717) is 17.2 Å². The first-order valence-electron chi connectivity index (χ1n) is 6.32. The SMILES string of the molecule is CCCC1CCN(C(=O)c2cc(N)cnc2Cl)C1. The maximum absolute atomic E-state index is 12.3. The molecule has 0 saturated carbocycles. The first-order valence-corrected chi connectivity index (χ1v) is 6.70. The summed E-state index contributed by atoms with van der Waals surface area (Å²) < 4.78 is 0. The second kappa shape index (κ2) is 5.57.